The summed E-state index contributed by atoms with van der Waals surface area (Å²) in [4.78, 5) is 2.19. The molecule has 0 heterocycles. The van der Waals surface area contributed by atoms with Crippen molar-refractivity contribution >= 4 is 0 Å². The lowest BCUT2D eigenvalue weighted by Crippen LogP contribution is -2.52. The molecule has 0 bridgehead atoms. The molecule has 1 aliphatic rings. The predicted molar refractivity (Wildman–Crippen MR) is 53.3 cm³/mol. The van der Waals surface area contributed by atoms with Gasteiger partial charge in [-0.25, -0.2) is 0 Å². The van der Waals surface area contributed by atoms with Gasteiger partial charge in [0, 0.05) is 6.54 Å². The first-order chi connectivity index (χ1) is 6.18. The number of nitriles is 1. The molecule has 0 spiro atoms. The van der Waals surface area contributed by atoms with Crippen molar-refractivity contribution in [1.29, 1.82) is 5.26 Å². The smallest absolute Gasteiger partial charge is 0.122 e. The standard InChI is InChI=1S/C10H19N3/c1-4-13(3)8-10(7-11,12-2)9-5-6-9/h9,12H,4-6,8H2,1-3H3. The van der Waals surface area contributed by atoms with Crippen molar-refractivity contribution < 1.29 is 0 Å². The van der Waals surface area contributed by atoms with Crippen LogP contribution in [0.5, 0.6) is 0 Å². The van der Waals surface area contributed by atoms with Crippen LogP contribution in [0.15, 0.2) is 0 Å². The van der Waals surface area contributed by atoms with Crippen LogP contribution < -0.4 is 5.32 Å². The van der Waals surface area contributed by atoms with Gasteiger partial charge in [-0.05, 0) is 39.4 Å². The summed E-state index contributed by atoms with van der Waals surface area (Å²) in [7, 11) is 3.96. The fourth-order valence-corrected chi connectivity index (χ4v) is 1.71. The van der Waals surface area contributed by atoms with Gasteiger partial charge in [0.05, 0.1) is 6.07 Å². The molecule has 1 fully saturated rings. The van der Waals surface area contributed by atoms with E-state index in [0.717, 1.165) is 13.1 Å². The van der Waals surface area contributed by atoms with Gasteiger partial charge < -0.3 is 10.2 Å². The molecule has 1 N–H and O–H groups in total. The molecule has 0 aromatic heterocycles. The summed E-state index contributed by atoms with van der Waals surface area (Å²) in [6, 6.07) is 2.44. The van der Waals surface area contributed by atoms with Crippen molar-refractivity contribution in [2.75, 3.05) is 27.2 Å². The fraction of sp³-hybridized carbons (Fsp3) is 0.900. The molecule has 74 valence electrons. The first kappa shape index (κ1) is 10.5. The molecule has 0 aromatic rings. The molecule has 0 amide bonds. The van der Waals surface area contributed by atoms with Crippen LogP contribution in [-0.4, -0.2) is 37.6 Å². The molecule has 0 aromatic carbocycles. The number of nitrogens with one attached hydrogen (secondary N) is 1. The Balaban J connectivity index is 2.61. The van der Waals surface area contributed by atoms with Gasteiger partial charge in [-0.2, -0.15) is 5.26 Å². The van der Waals surface area contributed by atoms with Crippen molar-refractivity contribution in [3.8, 4) is 6.07 Å². The molecule has 3 nitrogen and oxygen atoms in total. The SMILES string of the molecule is CCN(C)CC(C#N)(NC)C1CC1. The Labute approximate surface area is 80.7 Å². The summed E-state index contributed by atoms with van der Waals surface area (Å²) >= 11 is 0. The number of nitrogens with zero attached hydrogens (tertiary/aromatic N) is 2. The van der Waals surface area contributed by atoms with Crippen LogP contribution in [0.3, 0.4) is 0 Å². The maximum atomic E-state index is 9.19. The second kappa shape index (κ2) is 4.08. The number of likely N-dealkylation sites (N-methyl/N-ethyl adjacent to an activating group) is 2. The Hall–Kier alpha value is -0.590. The Morgan fingerprint density at radius 2 is 2.23 bits per heavy atom. The average molecular weight is 181 g/mol. The lowest BCUT2D eigenvalue weighted by Gasteiger charge is -2.30. The van der Waals surface area contributed by atoms with Crippen LogP contribution >= 0.6 is 0 Å². The molecule has 13 heavy (non-hydrogen) atoms. The number of hydrogen-bond donors (Lipinski definition) is 1. The molecule has 1 aliphatic carbocycles. The van der Waals surface area contributed by atoms with E-state index in [-0.39, 0.29) is 5.54 Å². The minimum Gasteiger partial charge on any atom is -0.304 e. The highest BCUT2D eigenvalue weighted by Gasteiger charge is 2.45. The minimum absolute atomic E-state index is 0.301. The van der Waals surface area contributed by atoms with Crippen LogP contribution in [0.1, 0.15) is 19.8 Å². The Morgan fingerprint density at radius 1 is 1.62 bits per heavy atom. The lowest BCUT2D eigenvalue weighted by molar-refractivity contribution is 0.246. The van der Waals surface area contributed by atoms with Crippen molar-refractivity contribution in [3.63, 3.8) is 0 Å². The molecular formula is C10H19N3. The average Bonchev–Trinajstić information content (AvgIpc) is 2.97. The summed E-state index contributed by atoms with van der Waals surface area (Å²) in [5, 5.41) is 12.4. The molecule has 0 radical (unpaired) electrons. The van der Waals surface area contributed by atoms with E-state index in [2.05, 4.69) is 30.3 Å². The zero-order valence-corrected chi connectivity index (χ0v) is 8.80. The van der Waals surface area contributed by atoms with E-state index >= 15 is 0 Å². The van der Waals surface area contributed by atoms with Crippen LogP contribution in [0.25, 0.3) is 0 Å². The topological polar surface area (TPSA) is 39.1 Å². The molecular weight excluding hydrogens is 162 g/mol. The molecule has 1 rings (SSSR count). The van der Waals surface area contributed by atoms with Gasteiger partial charge >= 0.3 is 0 Å². The predicted octanol–water partition coefficient (Wildman–Crippen LogP) is 0.830. The highest BCUT2D eigenvalue weighted by Crippen LogP contribution is 2.39. The van der Waals surface area contributed by atoms with Crippen molar-refractivity contribution in [3.05, 3.63) is 0 Å². The first-order valence-corrected chi connectivity index (χ1v) is 4.97. The van der Waals surface area contributed by atoms with E-state index in [1.165, 1.54) is 12.8 Å². The maximum absolute atomic E-state index is 9.19. The van der Waals surface area contributed by atoms with E-state index in [0.29, 0.717) is 5.92 Å². The van der Waals surface area contributed by atoms with Crippen molar-refractivity contribution in [1.82, 2.24) is 10.2 Å². The van der Waals surface area contributed by atoms with Gasteiger partial charge in [-0.15, -0.1) is 0 Å². The zero-order valence-electron chi connectivity index (χ0n) is 8.80. The molecule has 3 heteroatoms. The third-order valence-electron chi connectivity index (χ3n) is 2.98. The molecule has 1 atom stereocenters. The lowest BCUT2D eigenvalue weighted by atomic mass is 9.94. The summed E-state index contributed by atoms with van der Waals surface area (Å²) < 4.78 is 0. The number of rotatable bonds is 5. The maximum Gasteiger partial charge on any atom is 0.122 e. The van der Waals surface area contributed by atoms with Gasteiger partial charge in [-0.3, -0.25) is 0 Å². The van der Waals surface area contributed by atoms with Gasteiger partial charge in [0.25, 0.3) is 0 Å². The van der Waals surface area contributed by atoms with E-state index in [1.807, 2.05) is 7.05 Å². The molecule has 0 aliphatic heterocycles. The third kappa shape index (κ3) is 2.20. The highest BCUT2D eigenvalue weighted by molar-refractivity contribution is 5.16. The largest absolute Gasteiger partial charge is 0.304 e. The van der Waals surface area contributed by atoms with Gasteiger partial charge in [0.15, 0.2) is 0 Å². The fourth-order valence-electron chi connectivity index (χ4n) is 1.71. The van der Waals surface area contributed by atoms with Crippen molar-refractivity contribution in [2.24, 2.45) is 5.92 Å². The molecule has 1 unspecified atom stereocenters. The normalized spacial score (nSPS) is 21.2. The summed E-state index contributed by atoms with van der Waals surface area (Å²) in [6.45, 7) is 3.95. The van der Waals surface area contributed by atoms with E-state index in [1.54, 1.807) is 0 Å². The quantitative estimate of drug-likeness (QED) is 0.683. The van der Waals surface area contributed by atoms with Crippen LogP contribution in [0.2, 0.25) is 0 Å². The number of hydrogen-bond acceptors (Lipinski definition) is 3. The molecule has 0 saturated heterocycles. The van der Waals surface area contributed by atoms with Crippen LogP contribution in [-0.2, 0) is 0 Å². The Morgan fingerprint density at radius 3 is 2.54 bits per heavy atom. The second-order valence-corrected chi connectivity index (χ2v) is 3.94. The monoisotopic (exact) mass is 181 g/mol. The van der Waals surface area contributed by atoms with E-state index in [9.17, 15) is 5.26 Å². The van der Waals surface area contributed by atoms with Gasteiger partial charge in [0.1, 0.15) is 5.54 Å². The van der Waals surface area contributed by atoms with E-state index in [4.69, 9.17) is 0 Å². The highest BCUT2D eigenvalue weighted by atomic mass is 15.1. The summed E-state index contributed by atoms with van der Waals surface area (Å²) in [6.07, 6.45) is 2.40. The second-order valence-electron chi connectivity index (χ2n) is 3.94. The Kier molecular flexibility index (Phi) is 3.29. The third-order valence-corrected chi connectivity index (χ3v) is 2.98. The molecule has 1 saturated carbocycles. The van der Waals surface area contributed by atoms with Crippen LogP contribution in [0, 0.1) is 17.2 Å². The van der Waals surface area contributed by atoms with Crippen LogP contribution in [0.4, 0.5) is 0 Å². The zero-order chi connectivity index (χ0) is 9.90. The van der Waals surface area contributed by atoms with Gasteiger partial charge in [0.2, 0.25) is 0 Å². The van der Waals surface area contributed by atoms with Crippen molar-refractivity contribution in [2.45, 2.75) is 25.3 Å². The summed E-state index contributed by atoms with van der Waals surface area (Å²) in [5.41, 5.74) is -0.301. The van der Waals surface area contributed by atoms with E-state index < -0.39 is 0 Å². The minimum atomic E-state index is -0.301. The van der Waals surface area contributed by atoms with Gasteiger partial charge in [-0.1, -0.05) is 6.92 Å². The Bertz CT molecular complexity index is 205. The summed E-state index contributed by atoms with van der Waals surface area (Å²) in [5.74, 6) is 0.566. The first-order valence-electron chi connectivity index (χ1n) is 4.97.